The number of carbonyl (C=O) groups excluding carboxylic acids is 1. The van der Waals surface area contributed by atoms with E-state index in [-0.39, 0.29) is 17.9 Å². The van der Waals surface area contributed by atoms with Crippen LogP contribution >= 0.6 is 0 Å². The highest BCUT2D eigenvalue weighted by Crippen LogP contribution is 2.32. The standard InChI is InChI=1S/C16H17FN2O2/c1-11-6-7-12(10-13(11)17)18-16(20)19-8-2-4-14(19)15-5-3-9-21-15/h3,5-7,9-10,14H,2,4,8H2,1H3,(H,18,20)/t14-/m0/s1. The minimum Gasteiger partial charge on any atom is -0.467 e. The van der Waals surface area contributed by atoms with E-state index in [9.17, 15) is 9.18 Å². The smallest absolute Gasteiger partial charge is 0.322 e. The zero-order valence-corrected chi connectivity index (χ0v) is 11.8. The van der Waals surface area contributed by atoms with Gasteiger partial charge in [0.05, 0.1) is 12.3 Å². The maximum Gasteiger partial charge on any atom is 0.322 e. The lowest BCUT2D eigenvalue weighted by atomic mass is 10.2. The van der Waals surface area contributed by atoms with Crippen molar-refractivity contribution in [2.45, 2.75) is 25.8 Å². The van der Waals surface area contributed by atoms with Gasteiger partial charge >= 0.3 is 6.03 Å². The molecule has 0 bridgehead atoms. The summed E-state index contributed by atoms with van der Waals surface area (Å²) >= 11 is 0. The molecule has 0 spiro atoms. The van der Waals surface area contributed by atoms with Crippen molar-refractivity contribution < 1.29 is 13.6 Å². The molecule has 1 aromatic heterocycles. The third kappa shape index (κ3) is 2.77. The Hall–Kier alpha value is -2.30. The summed E-state index contributed by atoms with van der Waals surface area (Å²) in [6.07, 6.45) is 3.42. The number of carbonyl (C=O) groups is 1. The van der Waals surface area contributed by atoms with E-state index < -0.39 is 0 Å². The SMILES string of the molecule is Cc1ccc(NC(=O)N2CCC[C@H]2c2ccco2)cc1F. The van der Waals surface area contributed by atoms with Crippen molar-refractivity contribution in [1.82, 2.24) is 4.90 Å². The molecule has 1 aliphatic heterocycles. The molecule has 1 N–H and O–H groups in total. The molecule has 2 amide bonds. The molecule has 0 unspecified atom stereocenters. The number of aryl methyl sites for hydroxylation is 1. The first kappa shape index (κ1) is 13.7. The molecule has 1 saturated heterocycles. The summed E-state index contributed by atoms with van der Waals surface area (Å²) in [6, 6.07) is 8.12. The summed E-state index contributed by atoms with van der Waals surface area (Å²) in [5, 5.41) is 2.75. The number of anilines is 1. The lowest BCUT2D eigenvalue weighted by Gasteiger charge is -2.23. The molecule has 1 aliphatic rings. The van der Waals surface area contributed by atoms with Crippen molar-refractivity contribution in [2.75, 3.05) is 11.9 Å². The molecule has 3 rings (SSSR count). The molecule has 4 nitrogen and oxygen atoms in total. The molecule has 1 aromatic carbocycles. The topological polar surface area (TPSA) is 45.5 Å². The third-order valence-corrected chi connectivity index (χ3v) is 3.81. The van der Waals surface area contributed by atoms with E-state index in [1.165, 1.54) is 6.07 Å². The Morgan fingerprint density at radius 1 is 1.43 bits per heavy atom. The summed E-state index contributed by atoms with van der Waals surface area (Å²) in [5.41, 5.74) is 1.02. The van der Waals surface area contributed by atoms with E-state index >= 15 is 0 Å². The quantitative estimate of drug-likeness (QED) is 0.904. The van der Waals surface area contributed by atoms with Gasteiger partial charge in [0, 0.05) is 12.2 Å². The molecule has 5 heteroatoms. The van der Waals surface area contributed by atoms with Crippen LogP contribution in [0.2, 0.25) is 0 Å². The molecule has 110 valence electrons. The summed E-state index contributed by atoms with van der Waals surface area (Å²) in [4.78, 5) is 14.1. The van der Waals surface area contributed by atoms with Crippen molar-refractivity contribution in [1.29, 1.82) is 0 Å². The van der Waals surface area contributed by atoms with Crippen molar-refractivity contribution in [3.05, 3.63) is 53.7 Å². The average Bonchev–Trinajstić information content (AvgIpc) is 3.12. The van der Waals surface area contributed by atoms with E-state index in [0.29, 0.717) is 17.8 Å². The van der Waals surface area contributed by atoms with Crippen LogP contribution in [0, 0.1) is 12.7 Å². The lowest BCUT2D eigenvalue weighted by Crippen LogP contribution is -2.34. The van der Waals surface area contributed by atoms with Gasteiger partial charge in [0.15, 0.2) is 0 Å². The van der Waals surface area contributed by atoms with Crippen LogP contribution in [0.4, 0.5) is 14.9 Å². The van der Waals surface area contributed by atoms with Gasteiger partial charge in [0.25, 0.3) is 0 Å². The van der Waals surface area contributed by atoms with Gasteiger partial charge in [-0.05, 0) is 49.6 Å². The number of nitrogens with one attached hydrogen (secondary N) is 1. The molecule has 21 heavy (non-hydrogen) atoms. The second-order valence-electron chi connectivity index (χ2n) is 5.26. The molecule has 2 heterocycles. The molecule has 0 aliphatic carbocycles. The molecule has 1 atom stereocenters. The summed E-state index contributed by atoms with van der Waals surface area (Å²) in [5.74, 6) is 0.467. The fourth-order valence-corrected chi connectivity index (χ4v) is 2.65. The van der Waals surface area contributed by atoms with E-state index in [0.717, 1.165) is 18.6 Å². The number of benzene rings is 1. The zero-order valence-electron chi connectivity index (χ0n) is 11.8. The van der Waals surface area contributed by atoms with Gasteiger partial charge in [0.1, 0.15) is 11.6 Å². The first-order chi connectivity index (χ1) is 10.1. The predicted molar refractivity (Wildman–Crippen MR) is 77.5 cm³/mol. The van der Waals surface area contributed by atoms with Gasteiger partial charge in [-0.3, -0.25) is 0 Å². The van der Waals surface area contributed by atoms with E-state index in [1.807, 2.05) is 12.1 Å². The molecule has 1 fully saturated rings. The van der Waals surface area contributed by atoms with Gasteiger partial charge in [-0.1, -0.05) is 6.07 Å². The van der Waals surface area contributed by atoms with Gasteiger partial charge in [-0.25, -0.2) is 9.18 Å². The van der Waals surface area contributed by atoms with Crippen LogP contribution in [0.25, 0.3) is 0 Å². The Kier molecular flexibility index (Phi) is 3.64. The Morgan fingerprint density at radius 3 is 3.00 bits per heavy atom. The maximum atomic E-state index is 13.5. The highest BCUT2D eigenvalue weighted by molar-refractivity contribution is 5.89. The number of likely N-dealkylation sites (tertiary alicyclic amines) is 1. The number of hydrogen-bond acceptors (Lipinski definition) is 2. The summed E-state index contributed by atoms with van der Waals surface area (Å²) in [6.45, 7) is 2.36. The van der Waals surface area contributed by atoms with Gasteiger partial charge in [-0.15, -0.1) is 0 Å². The Bertz CT molecular complexity index is 640. The highest BCUT2D eigenvalue weighted by Gasteiger charge is 2.31. The molecular weight excluding hydrogens is 271 g/mol. The normalized spacial score (nSPS) is 18.0. The summed E-state index contributed by atoms with van der Waals surface area (Å²) in [7, 11) is 0. The Labute approximate surface area is 122 Å². The van der Waals surface area contributed by atoms with Crippen LogP contribution in [-0.4, -0.2) is 17.5 Å². The van der Waals surface area contributed by atoms with Crippen LogP contribution in [-0.2, 0) is 0 Å². The fraction of sp³-hybridized carbons (Fsp3) is 0.312. The molecule has 0 saturated carbocycles. The average molecular weight is 288 g/mol. The number of hydrogen-bond donors (Lipinski definition) is 1. The maximum absolute atomic E-state index is 13.5. The monoisotopic (exact) mass is 288 g/mol. The van der Waals surface area contributed by atoms with Gasteiger partial charge in [0.2, 0.25) is 0 Å². The number of urea groups is 1. The minimum atomic E-state index is -0.322. The number of furan rings is 1. The first-order valence-corrected chi connectivity index (χ1v) is 7.02. The third-order valence-electron chi connectivity index (χ3n) is 3.81. The molecular formula is C16H17FN2O2. The first-order valence-electron chi connectivity index (χ1n) is 7.02. The van der Waals surface area contributed by atoms with Crippen molar-refractivity contribution in [2.24, 2.45) is 0 Å². The predicted octanol–water partition coefficient (Wildman–Crippen LogP) is 4.10. The van der Waals surface area contributed by atoms with Crippen LogP contribution in [0.5, 0.6) is 0 Å². The fourth-order valence-electron chi connectivity index (χ4n) is 2.65. The van der Waals surface area contributed by atoms with E-state index in [4.69, 9.17) is 4.42 Å². The van der Waals surface area contributed by atoms with Crippen LogP contribution in [0.1, 0.15) is 30.2 Å². The van der Waals surface area contributed by atoms with Crippen molar-refractivity contribution in [3.63, 3.8) is 0 Å². The largest absolute Gasteiger partial charge is 0.467 e. The minimum absolute atomic E-state index is 0.0460. The molecule has 0 radical (unpaired) electrons. The molecule has 2 aromatic rings. The zero-order chi connectivity index (χ0) is 14.8. The van der Waals surface area contributed by atoms with E-state index in [2.05, 4.69) is 5.32 Å². The number of nitrogens with zero attached hydrogens (tertiary/aromatic N) is 1. The summed E-state index contributed by atoms with van der Waals surface area (Å²) < 4.78 is 18.9. The second-order valence-corrected chi connectivity index (χ2v) is 5.26. The van der Waals surface area contributed by atoms with Crippen LogP contribution in [0.3, 0.4) is 0 Å². The second kappa shape index (κ2) is 5.60. The highest BCUT2D eigenvalue weighted by atomic mass is 19.1. The van der Waals surface area contributed by atoms with Crippen LogP contribution < -0.4 is 5.32 Å². The lowest BCUT2D eigenvalue weighted by molar-refractivity contribution is 0.200. The van der Waals surface area contributed by atoms with Gasteiger partial charge < -0.3 is 14.6 Å². The Balaban J connectivity index is 1.73. The number of halogens is 1. The van der Waals surface area contributed by atoms with Crippen LogP contribution in [0.15, 0.2) is 41.0 Å². The Morgan fingerprint density at radius 2 is 2.29 bits per heavy atom. The number of rotatable bonds is 2. The van der Waals surface area contributed by atoms with Crippen molar-refractivity contribution in [3.8, 4) is 0 Å². The number of amides is 2. The van der Waals surface area contributed by atoms with Gasteiger partial charge in [-0.2, -0.15) is 0 Å². The van der Waals surface area contributed by atoms with E-state index in [1.54, 1.807) is 30.2 Å². The van der Waals surface area contributed by atoms with Crippen molar-refractivity contribution >= 4 is 11.7 Å².